The number of hydrogen-bond donors (Lipinski definition) is 1. The van der Waals surface area contributed by atoms with E-state index in [2.05, 4.69) is 9.97 Å². The number of methoxy groups -OCH3 is 1. The first-order chi connectivity index (χ1) is 20.2. The number of pyridine rings is 1. The molecule has 42 heavy (non-hydrogen) atoms. The Bertz CT molecular complexity index is 1810. The van der Waals surface area contributed by atoms with Crippen molar-refractivity contribution < 1.29 is 32.9 Å². The fourth-order valence-corrected chi connectivity index (χ4v) is 5.15. The van der Waals surface area contributed by atoms with Gasteiger partial charge in [0.25, 0.3) is 5.79 Å². The van der Waals surface area contributed by atoms with Gasteiger partial charge in [0.05, 0.1) is 23.2 Å². The molecule has 1 aliphatic heterocycles. The van der Waals surface area contributed by atoms with Gasteiger partial charge < -0.3 is 23.9 Å². The van der Waals surface area contributed by atoms with Crippen LogP contribution in [0.5, 0.6) is 11.5 Å². The second-order valence-corrected chi connectivity index (χ2v) is 10.3. The molecule has 5 aromatic rings. The molecule has 6 rings (SSSR count). The summed E-state index contributed by atoms with van der Waals surface area (Å²) in [7, 11) is 1.54. The maximum Gasteiger partial charge on any atom is 0.335 e. The minimum atomic E-state index is -1.20. The third-order valence-corrected chi connectivity index (χ3v) is 7.34. The second-order valence-electron chi connectivity index (χ2n) is 10.3. The lowest BCUT2D eigenvalue weighted by molar-refractivity contribution is -0.0715. The van der Waals surface area contributed by atoms with Gasteiger partial charge in [0.1, 0.15) is 23.2 Å². The molecule has 0 fully saturated rings. The zero-order valence-electron chi connectivity index (χ0n) is 23.1. The number of carbonyl (C=O) groups is 1. The number of aryl methyl sites for hydroxylation is 1. The monoisotopic (exact) mass is 571 g/mol. The quantitative estimate of drug-likeness (QED) is 0.235. The Labute approximate surface area is 240 Å². The number of carboxylic acid groups (broad SMARTS) is 1. The molecule has 0 saturated heterocycles. The average Bonchev–Trinajstić information content (AvgIpc) is 3.50. The van der Waals surface area contributed by atoms with Crippen molar-refractivity contribution in [3.8, 4) is 22.6 Å². The molecule has 3 aromatic carbocycles. The van der Waals surface area contributed by atoms with Crippen molar-refractivity contribution in [2.24, 2.45) is 0 Å². The van der Waals surface area contributed by atoms with Gasteiger partial charge in [0.15, 0.2) is 11.5 Å². The summed E-state index contributed by atoms with van der Waals surface area (Å²) in [4.78, 5) is 20.5. The van der Waals surface area contributed by atoms with E-state index < -0.39 is 23.4 Å². The number of ether oxygens (including phenoxy) is 3. The van der Waals surface area contributed by atoms with Gasteiger partial charge in [0, 0.05) is 44.3 Å². The Hall–Kier alpha value is -4.83. The number of hydrogen-bond acceptors (Lipinski definition) is 6. The van der Waals surface area contributed by atoms with Crippen molar-refractivity contribution in [2.45, 2.75) is 32.6 Å². The molecule has 0 saturated carbocycles. The number of fused-ring (bicyclic) bond motifs is 2. The van der Waals surface area contributed by atoms with Crippen molar-refractivity contribution >= 4 is 17.0 Å². The third-order valence-electron chi connectivity index (χ3n) is 7.34. The first-order valence-corrected chi connectivity index (χ1v) is 13.3. The third kappa shape index (κ3) is 4.83. The molecule has 1 atom stereocenters. The van der Waals surface area contributed by atoms with Gasteiger partial charge in [-0.2, -0.15) is 0 Å². The van der Waals surface area contributed by atoms with Crippen LogP contribution in [0.3, 0.4) is 0 Å². The molecule has 1 unspecified atom stereocenters. The standard InChI is InChI=1S/C32H27F2N3O5/c1-18-7-10-28(35-17-18)32(2)41-27-6-4-5-21(30(27)42-32)20-13-23(33)22(24(34)14-20)16-29-36-25-9-8-19(31(38)39)15-26(25)37(29)11-12-40-3/h4-10,13-15,17H,11-12,16H2,1-3H3,(H,38,39). The van der Waals surface area contributed by atoms with Crippen LogP contribution in [-0.4, -0.2) is 39.3 Å². The van der Waals surface area contributed by atoms with E-state index in [1.54, 1.807) is 42.0 Å². The molecule has 0 spiro atoms. The fourth-order valence-electron chi connectivity index (χ4n) is 5.15. The van der Waals surface area contributed by atoms with Gasteiger partial charge >= 0.3 is 5.97 Å². The van der Waals surface area contributed by atoms with Crippen LogP contribution in [0.2, 0.25) is 0 Å². The van der Waals surface area contributed by atoms with Crippen LogP contribution >= 0.6 is 0 Å². The number of para-hydroxylation sites is 1. The zero-order chi connectivity index (χ0) is 29.6. The highest BCUT2D eigenvalue weighted by Crippen LogP contribution is 2.49. The summed E-state index contributed by atoms with van der Waals surface area (Å²) in [6.45, 7) is 4.31. The fraction of sp³-hybridized carbons (Fsp3) is 0.219. The normalized spacial score (nSPS) is 15.8. The van der Waals surface area contributed by atoms with Crippen molar-refractivity contribution in [2.75, 3.05) is 13.7 Å². The molecule has 0 amide bonds. The zero-order valence-corrected chi connectivity index (χ0v) is 23.1. The minimum absolute atomic E-state index is 0.0881. The summed E-state index contributed by atoms with van der Waals surface area (Å²) in [5.74, 6) is -2.59. The number of benzene rings is 3. The summed E-state index contributed by atoms with van der Waals surface area (Å²) in [6.07, 6.45) is 1.57. The molecule has 0 aliphatic carbocycles. The van der Waals surface area contributed by atoms with Crippen LogP contribution in [0.15, 0.2) is 66.9 Å². The van der Waals surface area contributed by atoms with Gasteiger partial charge in [-0.25, -0.2) is 18.6 Å². The van der Waals surface area contributed by atoms with Gasteiger partial charge in [-0.1, -0.05) is 18.2 Å². The first kappa shape index (κ1) is 27.3. The van der Waals surface area contributed by atoms with E-state index >= 15 is 8.78 Å². The predicted octanol–water partition coefficient (Wildman–Crippen LogP) is 6.26. The maximum absolute atomic E-state index is 15.6. The van der Waals surface area contributed by atoms with Crippen LogP contribution in [0.1, 0.15) is 39.9 Å². The van der Waals surface area contributed by atoms with Crippen molar-refractivity contribution in [3.05, 3.63) is 107 Å². The molecule has 3 heterocycles. The van der Waals surface area contributed by atoms with E-state index in [1.165, 1.54) is 31.4 Å². The summed E-state index contributed by atoms with van der Waals surface area (Å²) in [6, 6.07) is 16.0. The van der Waals surface area contributed by atoms with Gasteiger partial charge in [-0.05, 0) is 60.5 Å². The number of aromatic carboxylic acids is 1. The van der Waals surface area contributed by atoms with E-state index in [0.29, 0.717) is 52.8 Å². The molecule has 10 heteroatoms. The largest absolute Gasteiger partial charge is 0.478 e. The number of halogens is 2. The van der Waals surface area contributed by atoms with Crippen LogP contribution in [0.25, 0.3) is 22.2 Å². The van der Waals surface area contributed by atoms with E-state index in [0.717, 1.165) is 5.56 Å². The molecular weight excluding hydrogens is 544 g/mol. The van der Waals surface area contributed by atoms with Crippen LogP contribution in [0.4, 0.5) is 8.78 Å². The lowest BCUT2D eigenvalue weighted by atomic mass is 10.00. The SMILES string of the molecule is COCCn1c(Cc2c(F)cc(-c3cccc4c3OC(C)(c3ccc(C)cn3)O4)cc2F)nc2ccc(C(=O)O)cc21. The highest BCUT2D eigenvalue weighted by atomic mass is 19.1. The van der Waals surface area contributed by atoms with Crippen LogP contribution < -0.4 is 9.47 Å². The average molecular weight is 572 g/mol. The van der Waals surface area contributed by atoms with E-state index in [9.17, 15) is 9.90 Å². The molecule has 0 bridgehead atoms. The van der Waals surface area contributed by atoms with Gasteiger partial charge in [-0.3, -0.25) is 4.98 Å². The lowest BCUT2D eigenvalue weighted by Crippen LogP contribution is -2.32. The highest BCUT2D eigenvalue weighted by Gasteiger charge is 2.41. The lowest BCUT2D eigenvalue weighted by Gasteiger charge is -2.22. The van der Waals surface area contributed by atoms with E-state index in [1.807, 2.05) is 19.1 Å². The molecule has 8 nitrogen and oxygen atoms in total. The Kier molecular flexibility index (Phi) is 6.86. The van der Waals surface area contributed by atoms with Crippen LogP contribution in [0, 0.1) is 18.6 Å². The Morgan fingerprint density at radius 3 is 2.55 bits per heavy atom. The molecule has 0 radical (unpaired) electrons. The first-order valence-electron chi connectivity index (χ1n) is 13.3. The van der Waals surface area contributed by atoms with Gasteiger partial charge in [0.2, 0.25) is 0 Å². The maximum atomic E-state index is 15.6. The van der Waals surface area contributed by atoms with Crippen molar-refractivity contribution in [1.29, 1.82) is 0 Å². The van der Waals surface area contributed by atoms with E-state index in [-0.39, 0.29) is 23.1 Å². The number of carboxylic acids is 1. The molecule has 1 N–H and O–H groups in total. The van der Waals surface area contributed by atoms with Crippen molar-refractivity contribution in [3.63, 3.8) is 0 Å². The summed E-state index contributed by atoms with van der Waals surface area (Å²) < 4.78 is 50.5. The van der Waals surface area contributed by atoms with Gasteiger partial charge in [-0.15, -0.1) is 0 Å². The molecular formula is C32H27F2N3O5. The molecule has 1 aliphatic rings. The Morgan fingerprint density at radius 1 is 1.07 bits per heavy atom. The number of imidazole rings is 1. The number of aromatic nitrogens is 3. The van der Waals surface area contributed by atoms with Crippen LogP contribution in [-0.2, 0) is 23.5 Å². The minimum Gasteiger partial charge on any atom is -0.478 e. The second kappa shape index (κ2) is 10.5. The summed E-state index contributed by atoms with van der Waals surface area (Å²) in [5.41, 5.74) is 3.30. The number of nitrogens with zero attached hydrogens (tertiary/aromatic N) is 3. The molecule has 2 aromatic heterocycles. The van der Waals surface area contributed by atoms with E-state index in [4.69, 9.17) is 14.2 Å². The van der Waals surface area contributed by atoms with Crippen molar-refractivity contribution in [1.82, 2.24) is 14.5 Å². The Morgan fingerprint density at radius 2 is 1.86 bits per heavy atom. The topological polar surface area (TPSA) is 95.7 Å². The summed E-state index contributed by atoms with van der Waals surface area (Å²) in [5, 5.41) is 9.43. The number of rotatable bonds is 8. The molecule has 214 valence electrons. The predicted molar refractivity (Wildman–Crippen MR) is 151 cm³/mol. The highest BCUT2D eigenvalue weighted by molar-refractivity contribution is 5.92. The Balaban J connectivity index is 1.35. The smallest absolute Gasteiger partial charge is 0.335 e. The summed E-state index contributed by atoms with van der Waals surface area (Å²) >= 11 is 0.